The molecular formula is C22H19ClF2N4O. The van der Waals surface area contributed by atoms with Crippen LogP contribution < -0.4 is 5.32 Å². The fourth-order valence-electron chi connectivity index (χ4n) is 4.54. The molecule has 1 N–H and O–H groups in total. The molecule has 1 aliphatic carbocycles. The number of rotatable bonds is 2. The van der Waals surface area contributed by atoms with Gasteiger partial charge >= 0.3 is 6.03 Å². The first kappa shape index (κ1) is 19.1. The van der Waals surface area contributed by atoms with Crippen molar-refractivity contribution in [2.24, 2.45) is 0 Å². The van der Waals surface area contributed by atoms with E-state index in [4.69, 9.17) is 11.6 Å². The predicted octanol–water partition coefficient (Wildman–Crippen LogP) is 5.62. The zero-order chi connectivity index (χ0) is 20.8. The summed E-state index contributed by atoms with van der Waals surface area (Å²) in [6.45, 7) is 0.384. The molecule has 2 amide bonds. The van der Waals surface area contributed by atoms with Crippen molar-refractivity contribution in [1.29, 1.82) is 0 Å². The minimum absolute atomic E-state index is 0.0365. The topological polar surface area (TPSA) is 50.2 Å². The molecular weight excluding hydrogens is 410 g/mol. The van der Waals surface area contributed by atoms with Gasteiger partial charge in [0.05, 0.1) is 35.5 Å². The highest BCUT2D eigenvalue weighted by atomic mass is 35.5. The summed E-state index contributed by atoms with van der Waals surface area (Å²) in [5.41, 5.74) is 3.12. The smallest absolute Gasteiger partial charge is 0.313 e. The number of fused-ring (bicyclic) bond motifs is 3. The van der Waals surface area contributed by atoms with E-state index in [-0.39, 0.29) is 29.0 Å². The molecule has 0 radical (unpaired) electrons. The summed E-state index contributed by atoms with van der Waals surface area (Å²) in [7, 11) is 0. The Labute approximate surface area is 177 Å². The Hall–Kier alpha value is -2.93. The number of hydrogen-bond acceptors (Lipinski definition) is 2. The van der Waals surface area contributed by atoms with Crippen molar-refractivity contribution in [1.82, 2.24) is 14.7 Å². The van der Waals surface area contributed by atoms with Crippen LogP contribution in [0.4, 0.5) is 19.3 Å². The van der Waals surface area contributed by atoms with Gasteiger partial charge in [-0.25, -0.2) is 13.6 Å². The zero-order valence-corrected chi connectivity index (χ0v) is 16.7. The maximum atomic E-state index is 13.4. The van der Waals surface area contributed by atoms with Gasteiger partial charge in [-0.15, -0.1) is 0 Å². The highest BCUT2D eigenvalue weighted by molar-refractivity contribution is 6.31. The molecule has 5 nitrogen and oxygen atoms in total. The molecule has 2 aliphatic rings. The third-order valence-corrected chi connectivity index (χ3v) is 6.25. The maximum Gasteiger partial charge on any atom is 0.322 e. The summed E-state index contributed by atoms with van der Waals surface area (Å²) in [4.78, 5) is 14.9. The van der Waals surface area contributed by atoms with Gasteiger partial charge in [0.15, 0.2) is 0 Å². The van der Waals surface area contributed by atoms with E-state index in [1.54, 1.807) is 18.3 Å². The average molecular weight is 429 g/mol. The fourth-order valence-corrected chi connectivity index (χ4v) is 4.72. The molecule has 1 aromatic heterocycles. The Morgan fingerprint density at radius 1 is 1.10 bits per heavy atom. The van der Waals surface area contributed by atoms with Crippen LogP contribution in [0.25, 0.3) is 11.1 Å². The highest BCUT2D eigenvalue weighted by Gasteiger charge is 2.42. The van der Waals surface area contributed by atoms with Gasteiger partial charge in [0.25, 0.3) is 0 Å². The normalized spacial score (nSPS) is 20.0. The van der Waals surface area contributed by atoms with Crippen molar-refractivity contribution >= 4 is 23.3 Å². The second-order valence-electron chi connectivity index (χ2n) is 7.71. The molecule has 2 atom stereocenters. The van der Waals surface area contributed by atoms with Crippen LogP contribution in [0.15, 0.2) is 48.7 Å². The molecule has 0 unspecified atom stereocenters. The predicted molar refractivity (Wildman–Crippen MR) is 110 cm³/mol. The van der Waals surface area contributed by atoms with E-state index in [1.807, 2.05) is 9.58 Å². The minimum Gasteiger partial charge on any atom is -0.313 e. The number of urea groups is 1. The van der Waals surface area contributed by atoms with Crippen LogP contribution in [-0.2, 0) is 6.54 Å². The van der Waals surface area contributed by atoms with Crippen molar-refractivity contribution in [3.63, 3.8) is 0 Å². The van der Waals surface area contributed by atoms with Crippen molar-refractivity contribution < 1.29 is 13.6 Å². The molecule has 1 saturated carbocycles. The Morgan fingerprint density at radius 2 is 1.87 bits per heavy atom. The van der Waals surface area contributed by atoms with E-state index in [9.17, 15) is 13.6 Å². The number of aromatic nitrogens is 2. The number of nitrogens with one attached hydrogen (secondary N) is 1. The Kier molecular flexibility index (Phi) is 4.70. The van der Waals surface area contributed by atoms with E-state index < -0.39 is 5.82 Å². The number of carbonyl (C=O) groups is 1. The minimum atomic E-state index is -0.531. The first-order valence-corrected chi connectivity index (χ1v) is 10.2. The summed E-state index contributed by atoms with van der Waals surface area (Å²) in [6.07, 6.45) is 4.63. The lowest BCUT2D eigenvalue weighted by molar-refractivity contribution is 0.139. The van der Waals surface area contributed by atoms with Crippen LogP contribution in [0, 0.1) is 11.6 Å². The lowest BCUT2D eigenvalue weighted by Crippen LogP contribution is -2.48. The van der Waals surface area contributed by atoms with Crippen LogP contribution in [-0.4, -0.2) is 26.8 Å². The molecule has 3 aromatic rings. The molecule has 5 rings (SSSR count). The molecule has 2 aromatic carbocycles. The molecule has 0 bridgehead atoms. The summed E-state index contributed by atoms with van der Waals surface area (Å²) in [5.74, 6) is -0.828. The van der Waals surface area contributed by atoms with Gasteiger partial charge in [-0.2, -0.15) is 5.10 Å². The van der Waals surface area contributed by atoms with Crippen molar-refractivity contribution in [2.75, 3.05) is 5.32 Å². The molecule has 30 heavy (non-hydrogen) atoms. The monoisotopic (exact) mass is 428 g/mol. The number of nitrogens with zero attached hydrogens (tertiary/aromatic N) is 3. The second kappa shape index (κ2) is 7.40. The first-order chi connectivity index (χ1) is 14.5. The van der Waals surface area contributed by atoms with Crippen LogP contribution in [0.5, 0.6) is 0 Å². The third kappa shape index (κ3) is 3.23. The Bertz CT molecular complexity index is 1110. The quantitative estimate of drug-likeness (QED) is 0.575. The number of benzene rings is 2. The lowest BCUT2D eigenvalue weighted by atomic mass is 10.0. The molecule has 1 aliphatic heterocycles. The summed E-state index contributed by atoms with van der Waals surface area (Å²) >= 11 is 5.85. The van der Waals surface area contributed by atoms with E-state index in [0.717, 1.165) is 36.1 Å². The number of anilines is 1. The van der Waals surface area contributed by atoms with Crippen LogP contribution in [0.2, 0.25) is 5.02 Å². The van der Waals surface area contributed by atoms with Gasteiger partial charge in [-0.3, -0.25) is 4.68 Å². The van der Waals surface area contributed by atoms with Crippen molar-refractivity contribution in [3.8, 4) is 11.1 Å². The van der Waals surface area contributed by atoms with Gasteiger partial charge in [0.2, 0.25) is 0 Å². The number of carbonyl (C=O) groups excluding carboxylic acids is 1. The molecule has 154 valence electrons. The van der Waals surface area contributed by atoms with Crippen LogP contribution in [0.3, 0.4) is 0 Å². The van der Waals surface area contributed by atoms with Gasteiger partial charge in [0, 0.05) is 11.3 Å². The maximum absolute atomic E-state index is 13.4. The van der Waals surface area contributed by atoms with Gasteiger partial charge < -0.3 is 10.2 Å². The van der Waals surface area contributed by atoms with Crippen LogP contribution >= 0.6 is 11.6 Å². The lowest BCUT2D eigenvalue weighted by Gasteiger charge is -2.38. The standard InChI is InChI=1S/C22H19ClF2N4O/c23-17-10-15(8-9-18(17)25)27-22(30)28-12-21-16(13-4-6-14(24)7-5-13)11-26-29(21)20-3-1-2-19(20)28/h4-11,19-20H,1-3,12H2,(H,27,30)/t19-,20+/m0/s1. The number of hydrogen-bond donors (Lipinski definition) is 1. The van der Waals surface area contributed by atoms with Gasteiger partial charge in [-0.1, -0.05) is 23.7 Å². The molecule has 2 heterocycles. The van der Waals surface area contributed by atoms with E-state index >= 15 is 0 Å². The summed E-state index contributed by atoms with van der Waals surface area (Å²) < 4.78 is 28.8. The molecule has 0 saturated heterocycles. The van der Waals surface area contributed by atoms with Crippen molar-refractivity contribution in [2.45, 2.75) is 37.9 Å². The first-order valence-electron chi connectivity index (χ1n) is 9.86. The van der Waals surface area contributed by atoms with Crippen LogP contribution in [0.1, 0.15) is 31.0 Å². The second-order valence-corrected chi connectivity index (χ2v) is 8.12. The summed E-state index contributed by atoms with van der Waals surface area (Å²) in [6, 6.07) is 10.3. The van der Waals surface area contributed by atoms with Crippen molar-refractivity contribution in [3.05, 3.63) is 71.0 Å². The average Bonchev–Trinajstić information content (AvgIpc) is 3.37. The highest BCUT2D eigenvalue weighted by Crippen LogP contribution is 2.41. The van der Waals surface area contributed by atoms with E-state index in [2.05, 4.69) is 10.4 Å². The van der Waals surface area contributed by atoms with E-state index in [0.29, 0.717) is 12.2 Å². The van der Waals surface area contributed by atoms with Gasteiger partial charge in [0.1, 0.15) is 11.6 Å². The van der Waals surface area contributed by atoms with E-state index in [1.165, 1.54) is 30.3 Å². The third-order valence-electron chi connectivity index (χ3n) is 5.96. The zero-order valence-electron chi connectivity index (χ0n) is 16.0. The van der Waals surface area contributed by atoms with Gasteiger partial charge in [-0.05, 0) is 55.2 Å². The SMILES string of the molecule is O=C(Nc1ccc(F)c(Cl)c1)N1Cc2c(-c3ccc(F)cc3)cnn2[C@@H]2CCC[C@@H]21. The molecule has 1 fully saturated rings. The molecule has 8 heteroatoms. The largest absolute Gasteiger partial charge is 0.322 e. The fraction of sp³-hybridized carbons (Fsp3) is 0.273. The Balaban J connectivity index is 1.47. The Morgan fingerprint density at radius 3 is 2.63 bits per heavy atom. The summed E-state index contributed by atoms with van der Waals surface area (Å²) in [5, 5.41) is 7.40. The molecule has 0 spiro atoms. The number of amides is 2. The number of halogens is 3.